The van der Waals surface area contributed by atoms with E-state index in [1.54, 1.807) is 16.8 Å². The molecule has 0 aliphatic heterocycles. The van der Waals surface area contributed by atoms with E-state index in [0.29, 0.717) is 17.5 Å². The Morgan fingerprint density at radius 2 is 1.70 bits per heavy atom. The summed E-state index contributed by atoms with van der Waals surface area (Å²) in [6.07, 6.45) is 0. The molecule has 0 bridgehead atoms. The van der Waals surface area contributed by atoms with E-state index in [9.17, 15) is 0 Å². The molecule has 2 aromatic carbocycles. The van der Waals surface area contributed by atoms with Gasteiger partial charge in [0.05, 0.1) is 5.69 Å². The number of aryl methyl sites for hydroxylation is 3. The Morgan fingerprint density at radius 1 is 1.04 bits per heavy atom. The Morgan fingerprint density at radius 3 is 2.35 bits per heavy atom. The van der Waals surface area contributed by atoms with Crippen LogP contribution in [0.25, 0.3) is 5.69 Å². The van der Waals surface area contributed by atoms with E-state index >= 15 is 0 Å². The van der Waals surface area contributed by atoms with Crippen LogP contribution in [0.15, 0.2) is 36.4 Å². The molecule has 6 heteroatoms. The quantitative estimate of drug-likeness (QED) is 0.730. The molecule has 0 atom stereocenters. The number of hydrogen-bond acceptors (Lipinski definition) is 4. The summed E-state index contributed by atoms with van der Waals surface area (Å²) in [7, 11) is 0. The molecule has 5 nitrogen and oxygen atoms in total. The Labute approximate surface area is 139 Å². The molecule has 0 amide bonds. The number of nitrogens with zero attached hydrogens (tertiary/aromatic N) is 4. The molecule has 0 unspecified atom stereocenters. The highest BCUT2D eigenvalue weighted by molar-refractivity contribution is 6.30. The zero-order valence-corrected chi connectivity index (χ0v) is 14.0. The van der Waals surface area contributed by atoms with E-state index < -0.39 is 0 Å². The van der Waals surface area contributed by atoms with Gasteiger partial charge in [0.15, 0.2) is 5.82 Å². The zero-order valence-electron chi connectivity index (χ0n) is 13.2. The minimum atomic E-state index is 0.292. The van der Waals surface area contributed by atoms with Gasteiger partial charge < -0.3 is 4.74 Å². The minimum absolute atomic E-state index is 0.292. The lowest BCUT2D eigenvalue weighted by Gasteiger charge is -2.13. The molecule has 0 saturated heterocycles. The number of benzene rings is 2. The normalized spacial score (nSPS) is 10.8. The van der Waals surface area contributed by atoms with Gasteiger partial charge in [-0.1, -0.05) is 29.3 Å². The van der Waals surface area contributed by atoms with Crippen LogP contribution in [0, 0.1) is 20.8 Å². The Hall–Kier alpha value is -2.40. The van der Waals surface area contributed by atoms with Crippen LogP contribution in [0.3, 0.4) is 0 Å². The van der Waals surface area contributed by atoms with Crippen molar-refractivity contribution in [2.75, 3.05) is 0 Å². The summed E-state index contributed by atoms with van der Waals surface area (Å²) in [4.78, 5) is 0. The molecule has 3 rings (SSSR count). The summed E-state index contributed by atoms with van der Waals surface area (Å²) in [5.74, 6) is 1.51. The summed E-state index contributed by atoms with van der Waals surface area (Å²) in [5, 5.41) is 12.5. The van der Waals surface area contributed by atoms with Gasteiger partial charge in [0, 0.05) is 5.02 Å². The largest absolute Gasteiger partial charge is 0.485 e. The Bertz CT molecular complexity index is 804. The molecular formula is C17H17ClN4O. The summed E-state index contributed by atoms with van der Waals surface area (Å²) >= 11 is 5.92. The minimum Gasteiger partial charge on any atom is -0.485 e. The van der Waals surface area contributed by atoms with Crippen molar-refractivity contribution < 1.29 is 4.74 Å². The van der Waals surface area contributed by atoms with Crippen LogP contribution in [-0.4, -0.2) is 20.2 Å². The third-order valence-electron chi connectivity index (χ3n) is 3.56. The van der Waals surface area contributed by atoms with E-state index in [1.165, 1.54) is 5.56 Å². The monoisotopic (exact) mass is 328 g/mol. The highest BCUT2D eigenvalue weighted by Gasteiger charge is 2.11. The van der Waals surface area contributed by atoms with Crippen LogP contribution in [0.2, 0.25) is 5.02 Å². The molecule has 1 heterocycles. The molecule has 0 spiro atoms. The molecule has 23 heavy (non-hydrogen) atoms. The third kappa shape index (κ3) is 3.35. The fraction of sp³-hybridized carbons (Fsp3) is 0.235. The molecule has 0 saturated carbocycles. The van der Waals surface area contributed by atoms with Gasteiger partial charge in [-0.15, -0.1) is 5.10 Å². The SMILES string of the molecule is Cc1cc(C)c(OCc2nnnn2-c2ccc(Cl)cc2)c(C)c1. The van der Waals surface area contributed by atoms with Crippen LogP contribution in [0.5, 0.6) is 5.75 Å². The maximum atomic E-state index is 5.96. The first-order valence-corrected chi connectivity index (χ1v) is 7.66. The molecule has 0 fully saturated rings. The highest BCUT2D eigenvalue weighted by atomic mass is 35.5. The summed E-state index contributed by atoms with van der Waals surface area (Å²) in [6.45, 7) is 6.44. The number of rotatable bonds is 4. The third-order valence-corrected chi connectivity index (χ3v) is 3.81. The molecule has 0 radical (unpaired) electrons. The van der Waals surface area contributed by atoms with Crippen LogP contribution >= 0.6 is 11.6 Å². The van der Waals surface area contributed by atoms with Crippen LogP contribution in [0.1, 0.15) is 22.5 Å². The molecule has 0 aliphatic carbocycles. The van der Waals surface area contributed by atoms with Gasteiger partial charge in [-0.25, -0.2) is 0 Å². The highest BCUT2D eigenvalue weighted by Crippen LogP contribution is 2.25. The van der Waals surface area contributed by atoms with Crippen molar-refractivity contribution in [2.45, 2.75) is 27.4 Å². The molecule has 0 N–H and O–H groups in total. The smallest absolute Gasteiger partial charge is 0.194 e. The number of halogens is 1. The summed E-state index contributed by atoms with van der Waals surface area (Å²) in [5.41, 5.74) is 4.27. The number of hydrogen-bond donors (Lipinski definition) is 0. The lowest BCUT2D eigenvalue weighted by molar-refractivity contribution is 0.288. The predicted molar refractivity (Wildman–Crippen MR) is 89.1 cm³/mol. The van der Waals surface area contributed by atoms with Gasteiger partial charge in [0.2, 0.25) is 0 Å². The second-order valence-corrected chi connectivity index (χ2v) is 5.94. The molecule has 118 valence electrons. The zero-order chi connectivity index (χ0) is 16.4. The van der Waals surface area contributed by atoms with Crippen molar-refractivity contribution in [2.24, 2.45) is 0 Å². The molecular weight excluding hydrogens is 312 g/mol. The first kappa shape index (κ1) is 15.5. The van der Waals surface area contributed by atoms with E-state index in [1.807, 2.05) is 26.0 Å². The fourth-order valence-corrected chi connectivity index (χ4v) is 2.74. The molecule has 3 aromatic rings. The number of tetrazole rings is 1. The maximum Gasteiger partial charge on any atom is 0.194 e. The average molecular weight is 329 g/mol. The lowest BCUT2D eigenvalue weighted by Crippen LogP contribution is -2.08. The average Bonchev–Trinajstić information content (AvgIpc) is 2.95. The van der Waals surface area contributed by atoms with Gasteiger partial charge in [0.25, 0.3) is 0 Å². The van der Waals surface area contributed by atoms with Crippen molar-refractivity contribution in [1.82, 2.24) is 20.2 Å². The van der Waals surface area contributed by atoms with Gasteiger partial charge >= 0.3 is 0 Å². The van der Waals surface area contributed by atoms with Gasteiger partial charge in [-0.05, 0) is 66.6 Å². The Kier molecular flexibility index (Phi) is 4.30. The first-order valence-electron chi connectivity index (χ1n) is 7.28. The second kappa shape index (κ2) is 6.38. The second-order valence-electron chi connectivity index (χ2n) is 5.50. The van der Waals surface area contributed by atoms with E-state index in [-0.39, 0.29) is 0 Å². The lowest BCUT2D eigenvalue weighted by atomic mass is 10.1. The van der Waals surface area contributed by atoms with E-state index in [2.05, 4.69) is 34.6 Å². The predicted octanol–water partition coefficient (Wildman–Crippen LogP) is 3.82. The Balaban J connectivity index is 1.83. The summed E-state index contributed by atoms with van der Waals surface area (Å²) in [6, 6.07) is 11.5. The standard InChI is InChI=1S/C17H17ClN4O/c1-11-8-12(2)17(13(3)9-11)23-10-16-19-20-21-22(16)15-6-4-14(18)5-7-15/h4-9H,10H2,1-3H3. The van der Waals surface area contributed by atoms with Crippen molar-refractivity contribution >= 4 is 11.6 Å². The van der Waals surface area contributed by atoms with Crippen molar-refractivity contribution in [1.29, 1.82) is 0 Å². The first-order chi connectivity index (χ1) is 11.0. The van der Waals surface area contributed by atoms with Crippen LogP contribution in [-0.2, 0) is 6.61 Å². The fourth-order valence-electron chi connectivity index (χ4n) is 2.61. The van der Waals surface area contributed by atoms with Gasteiger partial charge in [-0.3, -0.25) is 0 Å². The van der Waals surface area contributed by atoms with Gasteiger partial charge in [-0.2, -0.15) is 4.68 Å². The van der Waals surface area contributed by atoms with Crippen LogP contribution in [0.4, 0.5) is 0 Å². The van der Waals surface area contributed by atoms with Gasteiger partial charge in [0.1, 0.15) is 12.4 Å². The van der Waals surface area contributed by atoms with Crippen molar-refractivity contribution in [3.63, 3.8) is 0 Å². The molecule has 0 aliphatic rings. The maximum absolute atomic E-state index is 5.96. The number of aromatic nitrogens is 4. The molecule has 1 aromatic heterocycles. The summed E-state index contributed by atoms with van der Waals surface area (Å²) < 4.78 is 7.61. The van der Waals surface area contributed by atoms with Crippen molar-refractivity contribution in [3.05, 3.63) is 63.9 Å². The van der Waals surface area contributed by atoms with E-state index in [0.717, 1.165) is 22.6 Å². The van der Waals surface area contributed by atoms with Crippen LogP contribution < -0.4 is 4.74 Å². The topological polar surface area (TPSA) is 52.8 Å². The van der Waals surface area contributed by atoms with Crippen molar-refractivity contribution in [3.8, 4) is 11.4 Å². The van der Waals surface area contributed by atoms with E-state index in [4.69, 9.17) is 16.3 Å². The number of ether oxygens (including phenoxy) is 1.